The smallest absolute Gasteiger partial charge is 0.408 e. The van der Waals surface area contributed by atoms with E-state index >= 15 is 0 Å². The predicted octanol–water partition coefficient (Wildman–Crippen LogP) is 1.70. The maximum absolute atomic E-state index is 13.1. The first kappa shape index (κ1) is 28.9. The van der Waals surface area contributed by atoms with Gasteiger partial charge < -0.3 is 30.1 Å². The Kier molecular flexibility index (Phi) is 11.5. The van der Waals surface area contributed by atoms with Gasteiger partial charge in [0.2, 0.25) is 11.8 Å². The van der Waals surface area contributed by atoms with Crippen LogP contribution in [0.3, 0.4) is 0 Å². The van der Waals surface area contributed by atoms with E-state index in [1.54, 1.807) is 39.8 Å². The minimum absolute atomic E-state index is 0.0157. The second-order valence-corrected chi connectivity index (χ2v) is 8.67. The second kappa shape index (κ2) is 13.5. The quantitative estimate of drug-likeness (QED) is 0.411. The van der Waals surface area contributed by atoms with Crippen LogP contribution in [0.25, 0.3) is 0 Å². The van der Waals surface area contributed by atoms with Crippen LogP contribution in [0.5, 0.6) is 0 Å². The summed E-state index contributed by atoms with van der Waals surface area (Å²) < 4.78 is 10.0. The van der Waals surface area contributed by atoms with Crippen molar-refractivity contribution < 1.29 is 33.8 Å². The number of hydrogen-bond donors (Lipinski definition) is 3. The SMILES string of the molecule is CCOC(=O)CCNC(=O)C(c1ccc(CC)cc1)N(C)C(=O)C(CO)NC(=O)OC(C)(C)C. The van der Waals surface area contributed by atoms with Crippen molar-refractivity contribution in [3.05, 3.63) is 35.4 Å². The lowest BCUT2D eigenvalue weighted by Crippen LogP contribution is -2.53. The van der Waals surface area contributed by atoms with Gasteiger partial charge in [0.15, 0.2) is 0 Å². The van der Waals surface area contributed by atoms with E-state index in [2.05, 4.69) is 10.6 Å². The normalized spacial score (nSPS) is 12.8. The summed E-state index contributed by atoms with van der Waals surface area (Å²) >= 11 is 0. The predicted molar refractivity (Wildman–Crippen MR) is 126 cm³/mol. The van der Waals surface area contributed by atoms with E-state index in [0.717, 1.165) is 16.9 Å². The van der Waals surface area contributed by atoms with Gasteiger partial charge >= 0.3 is 12.1 Å². The number of nitrogens with one attached hydrogen (secondary N) is 2. The van der Waals surface area contributed by atoms with E-state index in [9.17, 15) is 24.3 Å². The number of nitrogens with zero attached hydrogens (tertiary/aromatic N) is 1. The number of aliphatic hydroxyl groups excluding tert-OH is 1. The molecule has 34 heavy (non-hydrogen) atoms. The number of likely N-dealkylation sites (N-methyl/N-ethyl adjacent to an activating group) is 1. The van der Waals surface area contributed by atoms with Crippen molar-refractivity contribution >= 4 is 23.9 Å². The molecular weight excluding hydrogens is 442 g/mol. The summed E-state index contributed by atoms with van der Waals surface area (Å²) in [6.07, 6.45) is -0.0770. The van der Waals surface area contributed by atoms with Crippen molar-refractivity contribution in [1.29, 1.82) is 0 Å². The van der Waals surface area contributed by atoms with Crippen LogP contribution in [0.1, 0.15) is 58.2 Å². The maximum atomic E-state index is 13.1. The summed E-state index contributed by atoms with van der Waals surface area (Å²) in [5.74, 6) is -1.64. The summed E-state index contributed by atoms with van der Waals surface area (Å²) in [7, 11) is 1.41. The van der Waals surface area contributed by atoms with Crippen LogP contribution >= 0.6 is 0 Å². The molecule has 10 nitrogen and oxygen atoms in total. The molecule has 1 rings (SSSR count). The number of rotatable bonds is 11. The lowest BCUT2D eigenvalue weighted by molar-refractivity contribution is -0.144. The first-order chi connectivity index (χ1) is 15.9. The van der Waals surface area contributed by atoms with Crippen LogP contribution in [0.2, 0.25) is 0 Å². The largest absolute Gasteiger partial charge is 0.466 e. The fourth-order valence-electron chi connectivity index (χ4n) is 3.11. The Hall–Kier alpha value is -3.14. The van der Waals surface area contributed by atoms with Gasteiger partial charge in [-0.25, -0.2) is 4.79 Å². The Bertz CT molecular complexity index is 834. The minimum Gasteiger partial charge on any atom is -0.466 e. The molecule has 190 valence electrons. The summed E-state index contributed by atoms with van der Waals surface area (Å²) in [5, 5.41) is 14.7. The Morgan fingerprint density at radius 1 is 1.09 bits per heavy atom. The van der Waals surface area contributed by atoms with E-state index < -0.39 is 48.2 Å². The maximum Gasteiger partial charge on any atom is 0.408 e. The van der Waals surface area contributed by atoms with Gasteiger partial charge in [0, 0.05) is 13.6 Å². The zero-order valence-electron chi connectivity index (χ0n) is 20.8. The molecule has 0 saturated heterocycles. The van der Waals surface area contributed by atoms with E-state index in [0.29, 0.717) is 5.56 Å². The first-order valence-electron chi connectivity index (χ1n) is 11.3. The lowest BCUT2D eigenvalue weighted by atomic mass is 10.0. The number of alkyl carbamates (subject to hydrolysis) is 1. The number of aliphatic hydroxyl groups is 1. The molecule has 0 aliphatic heterocycles. The topological polar surface area (TPSA) is 134 Å². The number of amides is 3. The van der Waals surface area contributed by atoms with Gasteiger partial charge in [0.25, 0.3) is 0 Å². The van der Waals surface area contributed by atoms with E-state index in [1.807, 2.05) is 19.1 Å². The number of esters is 1. The van der Waals surface area contributed by atoms with Gasteiger partial charge in [-0.3, -0.25) is 14.4 Å². The van der Waals surface area contributed by atoms with Crippen molar-refractivity contribution in [2.75, 3.05) is 26.8 Å². The Morgan fingerprint density at radius 3 is 2.21 bits per heavy atom. The number of aryl methyl sites for hydroxylation is 1. The highest BCUT2D eigenvalue weighted by Crippen LogP contribution is 2.22. The minimum atomic E-state index is -1.32. The number of carbonyl (C=O) groups is 4. The van der Waals surface area contributed by atoms with Crippen molar-refractivity contribution in [3.63, 3.8) is 0 Å². The molecule has 0 aliphatic carbocycles. The van der Waals surface area contributed by atoms with Crippen LogP contribution in [-0.2, 0) is 30.3 Å². The first-order valence-corrected chi connectivity index (χ1v) is 11.3. The molecule has 0 spiro atoms. The zero-order valence-corrected chi connectivity index (χ0v) is 20.8. The Labute approximate surface area is 201 Å². The molecule has 0 fully saturated rings. The fraction of sp³-hybridized carbons (Fsp3) is 0.583. The third-order valence-electron chi connectivity index (χ3n) is 4.79. The van der Waals surface area contributed by atoms with Crippen LogP contribution in [0, 0.1) is 0 Å². The van der Waals surface area contributed by atoms with Gasteiger partial charge in [0.05, 0.1) is 19.6 Å². The van der Waals surface area contributed by atoms with Gasteiger partial charge in [-0.05, 0) is 45.2 Å². The average Bonchev–Trinajstić information content (AvgIpc) is 2.76. The summed E-state index contributed by atoms with van der Waals surface area (Å²) in [4.78, 5) is 51.1. The van der Waals surface area contributed by atoms with Crippen molar-refractivity contribution in [2.45, 2.75) is 65.1 Å². The second-order valence-electron chi connectivity index (χ2n) is 8.67. The Morgan fingerprint density at radius 2 is 1.71 bits per heavy atom. The summed E-state index contributed by atoms with van der Waals surface area (Å²) in [6.45, 7) is 8.29. The standard InChI is InChI=1S/C24H37N3O7/c1-7-16-9-11-17(12-10-16)20(21(30)25-14-13-19(29)33-8-2)27(6)22(31)18(15-28)26-23(32)34-24(3,4)5/h9-12,18,20,28H,7-8,13-15H2,1-6H3,(H,25,30)(H,26,32). The molecule has 3 amide bonds. The van der Waals surface area contributed by atoms with Crippen molar-refractivity contribution in [1.82, 2.24) is 15.5 Å². The molecule has 0 bridgehead atoms. The van der Waals surface area contributed by atoms with Crippen LogP contribution in [0.15, 0.2) is 24.3 Å². The third kappa shape index (κ3) is 9.38. The van der Waals surface area contributed by atoms with Gasteiger partial charge in [0.1, 0.15) is 17.7 Å². The van der Waals surface area contributed by atoms with Crippen LogP contribution in [0.4, 0.5) is 4.79 Å². The molecule has 0 heterocycles. The highest BCUT2D eigenvalue weighted by atomic mass is 16.6. The van der Waals surface area contributed by atoms with Crippen molar-refractivity contribution in [3.8, 4) is 0 Å². The van der Waals surface area contributed by atoms with E-state index in [4.69, 9.17) is 9.47 Å². The van der Waals surface area contributed by atoms with Crippen molar-refractivity contribution in [2.24, 2.45) is 0 Å². The molecule has 3 N–H and O–H groups in total. The molecular formula is C24H37N3O7. The highest BCUT2D eigenvalue weighted by Gasteiger charge is 2.33. The number of carbonyl (C=O) groups excluding carboxylic acids is 4. The zero-order chi connectivity index (χ0) is 25.9. The van der Waals surface area contributed by atoms with Gasteiger partial charge in [-0.15, -0.1) is 0 Å². The summed E-state index contributed by atoms with van der Waals surface area (Å²) in [5.41, 5.74) is 0.802. The molecule has 0 saturated carbocycles. The van der Waals surface area contributed by atoms with Gasteiger partial charge in [-0.2, -0.15) is 0 Å². The summed E-state index contributed by atoms with van der Waals surface area (Å²) in [6, 6.07) is 4.82. The third-order valence-corrected chi connectivity index (χ3v) is 4.79. The number of benzene rings is 1. The molecule has 1 aromatic carbocycles. The van der Waals surface area contributed by atoms with Crippen LogP contribution < -0.4 is 10.6 Å². The number of hydrogen-bond acceptors (Lipinski definition) is 7. The molecule has 0 aliphatic rings. The van der Waals surface area contributed by atoms with E-state index in [1.165, 1.54) is 7.05 Å². The highest BCUT2D eigenvalue weighted by molar-refractivity contribution is 5.92. The molecule has 2 atom stereocenters. The monoisotopic (exact) mass is 479 g/mol. The average molecular weight is 480 g/mol. The fourth-order valence-corrected chi connectivity index (χ4v) is 3.11. The molecule has 1 aromatic rings. The van der Waals surface area contributed by atoms with Gasteiger partial charge in [-0.1, -0.05) is 31.2 Å². The number of ether oxygens (including phenoxy) is 2. The van der Waals surface area contributed by atoms with E-state index in [-0.39, 0.29) is 19.6 Å². The molecule has 0 aromatic heterocycles. The Balaban J connectivity index is 3.08. The lowest BCUT2D eigenvalue weighted by Gasteiger charge is -2.31. The molecule has 0 radical (unpaired) electrons. The van der Waals surface area contributed by atoms with Crippen LogP contribution in [-0.4, -0.2) is 72.3 Å². The molecule has 10 heteroatoms. The molecule has 2 unspecified atom stereocenters.